The Labute approximate surface area is 158 Å². The van der Waals surface area contributed by atoms with Crippen molar-refractivity contribution in [3.63, 3.8) is 0 Å². The Bertz CT molecular complexity index is 648. The lowest BCUT2D eigenvalue weighted by atomic mass is 9.96. The first-order valence-electron chi connectivity index (χ1n) is 8.74. The van der Waals surface area contributed by atoms with Gasteiger partial charge in [-0.3, -0.25) is 10.1 Å². The van der Waals surface area contributed by atoms with E-state index in [1.807, 2.05) is 0 Å². The van der Waals surface area contributed by atoms with Crippen LogP contribution in [0.25, 0.3) is 0 Å². The molecule has 1 atom stereocenters. The van der Waals surface area contributed by atoms with Crippen LogP contribution in [0.3, 0.4) is 0 Å². The quantitative estimate of drug-likeness (QED) is 0.701. The molecule has 1 fully saturated rings. The molecule has 1 aromatic carbocycles. The maximum Gasteiger partial charge on any atom is 0.321 e. The molecule has 0 radical (unpaired) electrons. The van der Waals surface area contributed by atoms with Crippen LogP contribution in [-0.4, -0.2) is 38.2 Å². The highest BCUT2D eigenvalue weighted by Crippen LogP contribution is 2.36. The smallest absolute Gasteiger partial charge is 0.321 e. The molecule has 26 heavy (non-hydrogen) atoms. The molecule has 0 aliphatic heterocycles. The Balaban J connectivity index is 1.93. The van der Waals surface area contributed by atoms with E-state index < -0.39 is 18.0 Å². The van der Waals surface area contributed by atoms with Gasteiger partial charge in [-0.25, -0.2) is 4.79 Å². The number of carbonyl (C=O) groups excluding carboxylic acids is 2. The average molecular weight is 384 g/mol. The van der Waals surface area contributed by atoms with Crippen molar-refractivity contribution in [2.24, 2.45) is 0 Å². The Morgan fingerprint density at radius 3 is 2.38 bits per heavy atom. The highest BCUT2D eigenvalue weighted by atomic mass is 35.5. The van der Waals surface area contributed by atoms with Gasteiger partial charge in [-0.15, -0.1) is 0 Å². The van der Waals surface area contributed by atoms with E-state index in [-0.39, 0.29) is 6.04 Å². The number of methoxy groups -OCH3 is 2. The Morgan fingerprint density at radius 2 is 1.77 bits per heavy atom. The summed E-state index contributed by atoms with van der Waals surface area (Å²) in [4.78, 5) is 24.3. The highest BCUT2D eigenvalue weighted by Gasteiger charge is 2.21. The summed E-state index contributed by atoms with van der Waals surface area (Å²) < 4.78 is 10.4. The van der Waals surface area contributed by atoms with Crippen molar-refractivity contribution < 1.29 is 19.1 Å². The SMILES string of the molecule is COc1cc(OC)c(N[C@@H](C)C(=O)NC(=O)NC2CCCCC2)cc1Cl. The van der Waals surface area contributed by atoms with E-state index in [9.17, 15) is 9.59 Å². The molecule has 1 saturated carbocycles. The average Bonchev–Trinajstić information content (AvgIpc) is 2.62. The van der Waals surface area contributed by atoms with E-state index in [1.54, 1.807) is 19.1 Å². The second kappa shape index (κ2) is 9.52. The standard InChI is InChI=1S/C18H26ClN3O4/c1-11(17(23)22-18(24)21-12-7-5-4-6-8-12)20-14-9-13(19)15(25-2)10-16(14)26-3/h9-12,20H,4-8H2,1-3H3,(H2,21,22,23,24)/t11-/m0/s1. The summed E-state index contributed by atoms with van der Waals surface area (Å²) in [6.07, 6.45) is 5.32. The van der Waals surface area contributed by atoms with Gasteiger partial charge >= 0.3 is 6.03 Å². The molecule has 0 saturated heterocycles. The summed E-state index contributed by atoms with van der Waals surface area (Å²) >= 11 is 6.13. The van der Waals surface area contributed by atoms with E-state index in [1.165, 1.54) is 20.6 Å². The molecule has 1 aliphatic carbocycles. The molecule has 3 amide bonds. The zero-order chi connectivity index (χ0) is 19.1. The first-order valence-corrected chi connectivity index (χ1v) is 9.11. The van der Waals surface area contributed by atoms with Crippen LogP contribution in [0.2, 0.25) is 5.02 Å². The van der Waals surface area contributed by atoms with E-state index in [0.717, 1.165) is 25.7 Å². The molecule has 2 rings (SSSR count). The number of imide groups is 1. The lowest BCUT2D eigenvalue weighted by Crippen LogP contribution is -2.49. The number of anilines is 1. The van der Waals surface area contributed by atoms with Crippen LogP contribution in [0.1, 0.15) is 39.0 Å². The van der Waals surface area contributed by atoms with Crippen LogP contribution in [0, 0.1) is 0 Å². The van der Waals surface area contributed by atoms with Gasteiger partial charge in [0.25, 0.3) is 0 Å². The molecule has 8 heteroatoms. The van der Waals surface area contributed by atoms with Crippen LogP contribution in [0.4, 0.5) is 10.5 Å². The van der Waals surface area contributed by atoms with E-state index in [4.69, 9.17) is 21.1 Å². The molecule has 1 aromatic rings. The van der Waals surface area contributed by atoms with Crippen molar-refractivity contribution in [3.05, 3.63) is 17.2 Å². The Hall–Kier alpha value is -2.15. The van der Waals surface area contributed by atoms with Crippen LogP contribution >= 0.6 is 11.6 Å². The second-order valence-electron chi connectivity index (χ2n) is 6.35. The second-order valence-corrected chi connectivity index (χ2v) is 6.76. The molecule has 7 nitrogen and oxygen atoms in total. The molecule has 0 aromatic heterocycles. The van der Waals surface area contributed by atoms with Crippen molar-refractivity contribution in [3.8, 4) is 11.5 Å². The third kappa shape index (κ3) is 5.42. The topological polar surface area (TPSA) is 88.7 Å². The van der Waals surface area contributed by atoms with Gasteiger partial charge in [-0.05, 0) is 25.8 Å². The minimum atomic E-state index is -0.662. The fourth-order valence-electron chi connectivity index (χ4n) is 2.96. The summed E-state index contributed by atoms with van der Waals surface area (Å²) in [6.45, 7) is 1.65. The van der Waals surface area contributed by atoms with Gasteiger partial charge in [0.05, 0.1) is 24.9 Å². The van der Waals surface area contributed by atoms with Gasteiger partial charge < -0.3 is 20.1 Å². The third-order valence-electron chi connectivity index (χ3n) is 4.42. The minimum Gasteiger partial charge on any atom is -0.495 e. The largest absolute Gasteiger partial charge is 0.495 e. The number of rotatable bonds is 6. The molecule has 0 spiro atoms. The van der Waals surface area contributed by atoms with Crippen molar-refractivity contribution >= 4 is 29.2 Å². The fourth-order valence-corrected chi connectivity index (χ4v) is 3.20. The summed E-state index contributed by atoms with van der Waals surface area (Å²) in [5.74, 6) is 0.517. The molecule has 144 valence electrons. The highest BCUT2D eigenvalue weighted by molar-refractivity contribution is 6.32. The van der Waals surface area contributed by atoms with E-state index >= 15 is 0 Å². The maximum absolute atomic E-state index is 12.3. The van der Waals surface area contributed by atoms with Crippen molar-refractivity contribution in [2.45, 2.75) is 51.1 Å². The lowest BCUT2D eigenvalue weighted by molar-refractivity contribution is -0.120. The fraction of sp³-hybridized carbons (Fsp3) is 0.556. The predicted molar refractivity (Wildman–Crippen MR) is 101 cm³/mol. The van der Waals surface area contributed by atoms with Crippen LogP contribution in [0.5, 0.6) is 11.5 Å². The lowest BCUT2D eigenvalue weighted by Gasteiger charge is -2.23. The number of halogens is 1. The summed E-state index contributed by atoms with van der Waals surface area (Å²) in [7, 11) is 3.02. The van der Waals surface area contributed by atoms with Gasteiger partial charge in [0.1, 0.15) is 17.5 Å². The van der Waals surface area contributed by atoms with Crippen molar-refractivity contribution in [2.75, 3.05) is 19.5 Å². The summed E-state index contributed by atoms with van der Waals surface area (Å²) in [6, 6.07) is 2.26. The number of amides is 3. The number of nitrogens with one attached hydrogen (secondary N) is 3. The van der Waals surface area contributed by atoms with Gasteiger partial charge in [0.2, 0.25) is 5.91 Å². The van der Waals surface area contributed by atoms with Crippen molar-refractivity contribution in [1.82, 2.24) is 10.6 Å². The number of benzene rings is 1. The monoisotopic (exact) mass is 383 g/mol. The number of ether oxygens (including phenoxy) is 2. The maximum atomic E-state index is 12.3. The number of urea groups is 1. The van der Waals surface area contributed by atoms with Crippen LogP contribution < -0.4 is 25.4 Å². The number of hydrogen-bond acceptors (Lipinski definition) is 5. The zero-order valence-corrected chi connectivity index (χ0v) is 16.1. The summed E-state index contributed by atoms with van der Waals surface area (Å²) in [5.41, 5.74) is 0.536. The molecule has 0 bridgehead atoms. The Kier molecular flexibility index (Phi) is 7.38. The first kappa shape index (κ1) is 20.2. The van der Waals surface area contributed by atoms with Gasteiger partial charge in [-0.1, -0.05) is 30.9 Å². The van der Waals surface area contributed by atoms with Gasteiger partial charge in [-0.2, -0.15) is 0 Å². The summed E-state index contributed by atoms with van der Waals surface area (Å²) in [5, 5.41) is 8.62. The molecule has 0 heterocycles. The van der Waals surface area contributed by atoms with Crippen LogP contribution in [-0.2, 0) is 4.79 Å². The zero-order valence-electron chi connectivity index (χ0n) is 15.4. The molecule has 0 unspecified atom stereocenters. The predicted octanol–water partition coefficient (Wildman–Crippen LogP) is 3.32. The Morgan fingerprint density at radius 1 is 1.12 bits per heavy atom. The number of hydrogen-bond donors (Lipinski definition) is 3. The molecular formula is C18H26ClN3O4. The third-order valence-corrected chi connectivity index (χ3v) is 4.71. The molecule has 3 N–H and O–H groups in total. The first-order chi connectivity index (χ1) is 12.4. The number of carbonyl (C=O) groups is 2. The minimum absolute atomic E-state index is 0.139. The molecule has 1 aliphatic rings. The van der Waals surface area contributed by atoms with Crippen LogP contribution in [0.15, 0.2) is 12.1 Å². The van der Waals surface area contributed by atoms with Gasteiger partial charge in [0, 0.05) is 12.1 Å². The van der Waals surface area contributed by atoms with E-state index in [2.05, 4.69) is 16.0 Å². The van der Waals surface area contributed by atoms with Gasteiger partial charge in [0.15, 0.2) is 0 Å². The van der Waals surface area contributed by atoms with Crippen molar-refractivity contribution in [1.29, 1.82) is 0 Å². The normalized spacial score (nSPS) is 15.7. The molecular weight excluding hydrogens is 358 g/mol. The van der Waals surface area contributed by atoms with E-state index in [0.29, 0.717) is 22.2 Å².